The number of allylic oxidation sites excluding steroid dienone is 2. The molecule has 4 aliphatic rings. The fourth-order valence-corrected chi connectivity index (χ4v) is 9.42. The van der Waals surface area contributed by atoms with Gasteiger partial charge >= 0.3 is 0 Å². The topological polar surface area (TPSA) is 107 Å². The van der Waals surface area contributed by atoms with Gasteiger partial charge in [0.25, 0.3) is 11.8 Å². The molecule has 0 bridgehead atoms. The van der Waals surface area contributed by atoms with Crippen LogP contribution >= 0.6 is 27.5 Å². The molecule has 0 aromatic heterocycles. The second-order valence-corrected chi connectivity index (χ2v) is 15.2. The number of fused-ring (bicyclic) bond motifs is 4. The Kier molecular flexibility index (Phi) is 7.95. The van der Waals surface area contributed by atoms with Crippen molar-refractivity contribution in [3.05, 3.63) is 134 Å². The first-order chi connectivity index (χ1) is 24.4. The number of halogens is 3. The number of aromatic hydroxyl groups is 1. The minimum atomic E-state index is -1.50. The Labute approximate surface area is 307 Å². The highest BCUT2D eigenvalue weighted by Crippen LogP contribution is 2.64. The van der Waals surface area contributed by atoms with Crippen molar-refractivity contribution in [2.75, 3.05) is 10.3 Å². The molecule has 8 rings (SSSR count). The van der Waals surface area contributed by atoms with E-state index >= 15 is 4.79 Å². The van der Waals surface area contributed by atoms with Crippen molar-refractivity contribution in [2.24, 2.45) is 23.7 Å². The van der Waals surface area contributed by atoms with Crippen LogP contribution < -0.4 is 10.3 Å². The van der Waals surface area contributed by atoms with E-state index in [0.717, 1.165) is 15.1 Å². The van der Waals surface area contributed by atoms with E-state index in [4.69, 9.17) is 11.6 Å². The number of phenols is 1. The molecule has 11 heteroatoms. The quantitative estimate of drug-likeness (QED) is 0.159. The number of nitrogens with one attached hydrogen (secondary N) is 1. The van der Waals surface area contributed by atoms with Crippen LogP contribution in [0.1, 0.15) is 41.0 Å². The fraction of sp³-hybridized carbons (Fsp3) is 0.250. The van der Waals surface area contributed by atoms with Gasteiger partial charge in [-0.2, -0.15) is 5.01 Å². The minimum Gasteiger partial charge on any atom is -0.507 e. The van der Waals surface area contributed by atoms with Gasteiger partial charge in [-0.3, -0.25) is 29.5 Å². The Morgan fingerprint density at radius 2 is 1.51 bits per heavy atom. The van der Waals surface area contributed by atoms with Gasteiger partial charge in [-0.1, -0.05) is 63.4 Å². The number of carbonyl (C=O) groups is 4. The van der Waals surface area contributed by atoms with Gasteiger partial charge in [-0.25, -0.2) is 4.39 Å². The molecule has 4 aromatic carbocycles. The maximum Gasteiger partial charge on any atom is 0.260 e. The fourth-order valence-electron chi connectivity index (χ4n) is 9.03. The number of hydrazine groups is 1. The van der Waals surface area contributed by atoms with Crippen LogP contribution in [-0.4, -0.2) is 33.7 Å². The number of rotatable bonds is 5. The number of imide groups is 2. The standard InChI is InChI=1S/C40H32BrClFN3O5/c1-20-17-22(18-21(2)35(20)47)34-29-15-16-30-33(38(50)45(36(30)48)28-13-5-24(41)6-14-28)31(29)19-32-37(49)46(44-27-11-9-26(43)10-12-27)39(51)40(32,34)23-3-7-25(42)8-4-23/h3-15,17-18,30-34,44,47H,16,19H2,1-2H3. The van der Waals surface area contributed by atoms with Crippen molar-refractivity contribution in [3.8, 4) is 5.75 Å². The van der Waals surface area contributed by atoms with Crippen LogP contribution in [0.2, 0.25) is 5.02 Å². The summed E-state index contributed by atoms with van der Waals surface area (Å²) in [5.74, 6) is -5.66. The normalized spacial score (nSPS) is 26.9. The van der Waals surface area contributed by atoms with Crippen LogP contribution in [0.5, 0.6) is 5.75 Å². The SMILES string of the molecule is Cc1cc(C2C3=CCC4C(=O)N(c5ccc(Br)cc5)C(=O)C4C3CC3C(=O)N(Nc4ccc(F)cc4)C(=O)C32c2ccc(Cl)cc2)cc(C)c1O. The summed E-state index contributed by atoms with van der Waals surface area (Å²) in [5.41, 5.74) is 5.52. The molecule has 2 aliphatic heterocycles. The lowest BCUT2D eigenvalue weighted by Gasteiger charge is -2.50. The lowest BCUT2D eigenvalue weighted by Crippen LogP contribution is -2.53. The Hall–Kier alpha value is -4.80. The van der Waals surface area contributed by atoms with Crippen LogP contribution in [0.25, 0.3) is 0 Å². The van der Waals surface area contributed by atoms with E-state index in [9.17, 15) is 23.9 Å². The molecule has 2 heterocycles. The third kappa shape index (κ3) is 4.98. The number of anilines is 2. The summed E-state index contributed by atoms with van der Waals surface area (Å²) in [7, 11) is 0. The van der Waals surface area contributed by atoms with Crippen LogP contribution in [0.15, 0.2) is 101 Å². The number of phenolic OH excluding ortho intramolecular Hbond substituents is 1. The van der Waals surface area contributed by atoms with Crippen molar-refractivity contribution >= 4 is 62.5 Å². The second-order valence-electron chi connectivity index (χ2n) is 13.9. The first kappa shape index (κ1) is 33.3. The summed E-state index contributed by atoms with van der Waals surface area (Å²) in [6.07, 6.45) is 2.40. The first-order valence-electron chi connectivity index (χ1n) is 16.7. The number of amides is 4. The number of aryl methyl sites for hydroxylation is 2. The summed E-state index contributed by atoms with van der Waals surface area (Å²) >= 11 is 9.79. The van der Waals surface area contributed by atoms with Gasteiger partial charge in [0.1, 0.15) is 11.6 Å². The van der Waals surface area contributed by atoms with E-state index in [1.54, 1.807) is 62.4 Å². The van der Waals surface area contributed by atoms with Gasteiger partial charge in [-0.05, 0) is 116 Å². The zero-order valence-electron chi connectivity index (χ0n) is 27.6. The Morgan fingerprint density at radius 3 is 2.16 bits per heavy atom. The number of hydrogen-bond donors (Lipinski definition) is 2. The lowest BCUT2D eigenvalue weighted by atomic mass is 9.49. The summed E-state index contributed by atoms with van der Waals surface area (Å²) in [4.78, 5) is 59.7. The maximum absolute atomic E-state index is 15.3. The molecule has 1 saturated carbocycles. The zero-order chi connectivity index (χ0) is 35.9. The molecule has 6 unspecified atom stereocenters. The molecule has 0 spiro atoms. The van der Waals surface area contributed by atoms with E-state index in [0.29, 0.717) is 38.7 Å². The summed E-state index contributed by atoms with van der Waals surface area (Å²) in [5, 5.41) is 12.3. The zero-order valence-corrected chi connectivity index (χ0v) is 29.9. The summed E-state index contributed by atoms with van der Waals surface area (Å²) in [6, 6.07) is 22.9. The van der Waals surface area contributed by atoms with Crippen molar-refractivity contribution < 1.29 is 28.7 Å². The van der Waals surface area contributed by atoms with Gasteiger partial charge in [0.2, 0.25) is 11.8 Å². The molecular weight excluding hydrogens is 737 g/mol. The highest BCUT2D eigenvalue weighted by molar-refractivity contribution is 9.10. The average Bonchev–Trinajstić information content (AvgIpc) is 3.49. The van der Waals surface area contributed by atoms with Crippen molar-refractivity contribution in [1.29, 1.82) is 0 Å². The van der Waals surface area contributed by atoms with Crippen LogP contribution in [-0.2, 0) is 24.6 Å². The molecule has 3 fully saturated rings. The summed E-state index contributed by atoms with van der Waals surface area (Å²) < 4.78 is 14.7. The predicted octanol–water partition coefficient (Wildman–Crippen LogP) is 7.75. The summed E-state index contributed by atoms with van der Waals surface area (Å²) in [6.45, 7) is 3.56. The number of hydrogen-bond acceptors (Lipinski definition) is 6. The third-order valence-electron chi connectivity index (χ3n) is 11.2. The van der Waals surface area contributed by atoms with Crippen molar-refractivity contribution in [2.45, 2.75) is 38.0 Å². The molecule has 6 atom stereocenters. The van der Waals surface area contributed by atoms with Gasteiger partial charge in [0, 0.05) is 15.4 Å². The average molecular weight is 769 g/mol. The molecule has 2 saturated heterocycles. The van der Waals surface area contributed by atoms with Gasteiger partial charge in [-0.15, -0.1) is 0 Å². The molecule has 4 amide bonds. The Bertz CT molecular complexity index is 2150. The number of carbonyl (C=O) groups excluding carboxylic acids is 4. The molecule has 4 aromatic rings. The van der Waals surface area contributed by atoms with Crippen LogP contribution in [0, 0.1) is 43.3 Å². The molecule has 2 N–H and O–H groups in total. The van der Waals surface area contributed by atoms with Gasteiger partial charge < -0.3 is 5.11 Å². The largest absolute Gasteiger partial charge is 0.507 e. The minimum absolute atomic E-state index is 0.121. The maximum atomic E-state index is 15.3. The second kappa shape index (κ2) is 12.2. The van der Waals surface area contributed by atoms with E-state index in [-0.39, 0.29) is 30.4 Å². The highest BCUT2D eigenvalue weighted by atomic mass is 79.9. The molecule has 258 valence electrons. The van der Waals surface area contributed by atoms with E-state index in [1.165, 1.54) is 29.2 Å². The number of nitrogens with zero attached hydrogens (tertiary/aromatic N) is 2. The molecule has 0 radical (unpaired) electrons. The lowest BCUT2D eigenvalue weighted by molar-refractivity contribution is -0.138. The molecule has 8 nitrogen and oxygen atoms in total. The monoisotopic (exact) mass is 767 g/mol. The van der Waals surface area contributed by atoms with Gasteiger partial charge in [0.05, 0.1) is 34.5 Å². The third-order valence-corrected chi connectivity index (χ3v) is 12.0. The van der Waals surface area contributed by atoms with Crippen LogP contribution in [0.3, 0.4) is 0 Å². The predicted molar refractivity (Wildman–Crippen MR) is 193 cm³/mol. The van der Waals surface area contributed by atoms with Gasteiger partial charge in [0.15, 0.2) is 0 Å². The van der Waals surface area contributed by atoms with Crippen molar-refractivity contribution in [1.82, 2.24) is 5.01 Å². The number of benzene rings is 4. The Morgan fingerprint density at radius 1 is 0.863 bits per heavy atom. The highest BCUT2D eigenvalue weighted by Gasteiger charge is 2.70. The van der Waals surface area contributed by atoms with E-state index in [1.807, 2.05) is 18.2 Å². The van der Waals surface area contributed by atoms with E-state index < -0.39 is 52.6 Å². The molecule has 51 heavy (non-hydrogen) atoms. The molecule has 2 aliphatic carbocycles. The Balaban J connectivity index is 1.34. The smallest absolute Gasteiger partial charge is 0.260 e. The first-order valence-corrected chi connectivity index (χ1v) is 17.9. The van der Waals surface area contributed by atoms with Crippen LogP contribution in [0.4, 0.5) is 15.8 Å². The molecular formula is C40H32BrClFN3O5. The van der Waals surface area contributed by atoms with Crippen molar-refractivity contribution in [3.63, 3.8) is 0 Å². The van der Waals surface area contributed by atoms with E-state index in [2.05, 4.69) is 21.4 Å².